The van der Waals surface area contributed by atoms with Crippen LogP contribution in [0.5, 0.6) is 0 Å². The summed E-state index contributed by atoms with van der Waals surface area (Å²) in [6.45, 7) is 4.01. The van der Waals surface area contributed by atoms with Crippen LogP contribution in [0.4, 0.5) is 5.69 Å². The summed E-state index contributed by atoms with van der Waals surface area (Å²) in [4.78, 5) is 18.5. The van der Waals surface area contributed by atoms with Crippen molar-refractivity contribution in [1.82, 2.24) is 4.98 Å². The molecule has 1 aromatic carbocycles. The van der Waals surface area contributed by atoms with Crippen LogP contribution in [0.2, 0.25) is 0 Å². The second kappa shape index (κ2) is 5.29. The number of carbonyl (C=O) groups excluding carboxylic acids is 1. The van der Waals surface area contributed by atoms with Crippen molar-refractivity contribution < 1.29 is 4.79 Å². The van der Waals surface area contributed by atoms with Gasteiger partial charge in [-0.15, -0.1) is 11.8 Å². The maximum absolute atomic E-state index is 12.5. The molecule has 0 N–H and O–H groups in total. The monoisotopic (exact) mass is 284 g/mol. The Balaban J connectivity index is 2.01. The molecule has 20 heavy (non-hydrogen) atoms. The predicted molar refractivity (Wildman–Crippen MR) is 82.7 cm³/mol. The van der Waals surface area contributed by atoms with E-state index >= 15 is 0 Å². The maximum atomic E-state index is 12.5. The van der Waals surface area contributed by atoms with Gasteiger partial charge in [-0.25, -0.2) is 0 Å². The van der Waals surface area contributed by atoms with E-state index in [9.17, 15) is 4.79 Å². The minimum atomic E-state index is -0.0264. The van der Waals surface area contributed by atoms with Crippen molar-refractivity contribution in [1.29, 1.82) is 0 Å². The van der Waals surface area contributed by atoms with Crippen molar-refractivity contribution in [3.63, 3.8) is 0 Å². The lowest BCUT2D eigenvalue weighted by molar-refractivity contribution is -0.117. The molecule has 1 aromatic heterocycles. The standard InChI is InChI=1S/C16H16N2OS/c1-11-5-7-14(8-6-11)18-15(19)12(2)20-16(18)13-4-3-9-17-10-13/h3-10,12,16H,1-2H3. The SMILES string of the molecule is Cc1ccc(N2C(=O)C(C)SC2c2cccnc2)cc1. The number of aromatic nitrogens is 1. The van der Waals surface area contributed by atoms with Gasteiger partial charge in [0.15, 0.2) is 0 Å². The lowest BCUT2D eigenvalue weighted by atomic mass is 10.2. The molecule has 0 spiro atoms. The molecule has 1 amide bonds. The number of pyridine rings is 1. The summed E-state index contributed by atoms with van der Waals surface area (Å²) in [5.74, 6) is 0.160. The molecule has 2 unspecified atom stereocenters. The zero-order chi connectivity index (χ0) is 14.1. The van der Waals surface area contributed by atoms with Crippen molar-refractivity contribution in [3.05, 3.63) is 59.9 Å². The Labute approximate surface area is 123 Å². The fourth-order valence-electron chi connectivity index (χ4n) is 2.34. The number of carbonyl (C=O) groups is 1. The topological polar surface area (TPSA) is 33.2 Å². The van der Waals surface area contributed by atoms with Crippen LogP contribution < -0.4 is 4.90 Å². The quantitative estimate of drug-likeness (QED) is 0.845. The first-order chi connectivity index (χ1) is 9.66. The highest BCUT2D eigenvalue weighted by atomic mass is 32.2. The third-order valence-electron chi connectivity index (χ3n) is 3.43. The highest BCUT2D eigenvalue weighted by Gasteiger charge is 2.39. The predicted octanol–water partition coefficient (Wildman–Crippen LogP) is 3.56. The first-order valence-electron chi connectivity index (χ1n) is 6.62. The number of anilines is 1. The van der Waals surface area contributed by atoms with Gasteiger partial charge in [-0.2, -0.15) is 0 Å². The highest BCUT2D eigenvalue weighted by molar-refractivity contribution is 8.01. The molecule has 1 fully saturated rings. The number of hydrogen-bond donors (Lipinski definition) is 0. The van der Waals surface area contributed by atoms with Crippen LogP contribution in [0.3, 0.4) is 0 Å². The summed E-state index contributed by atoms with van der Waals surface area (Å²) in [6.07, 6.45) is 3.59. The van der Waals surface area contributed by atoms with Gasteiger partial charge in [-0.3, -0.25) is 14.7 Å². The fraction of sp³-hybridized carbons (Fsp3) is 0.250. The average Bonchev–Trinajstić information content (AvgIpc) is 2.77. The molecule has 3 nitrogen and oxygen atoms in total. The maximum Gasteiger partial charge on any atom is 0.241 e. The van der Waals surface area contributed by atoms with Crippen molar-refractivity contribution in [2.75, 3.05) is 4.90 Å². The van der Waals surface area contributed by atoms with Crippen molar-refractivity contribution in [2.45, 2.75) is 24.5 Å². The van der Waals surface area contributed by atoms with Crippen LogP contribution in [-0.4, -0.2) is 16.1 Å². The molecule has 4 heteroatoms. The molecule has 1 aliphatic heterocycles. The van der Waals surface area contributed by atoms with Gasteiger partial charge in [-0.1, -0.05) is 23.8 Å². The molecule has 0 aliphatic carbocycles. The van der Waals surface area contributed by atoms with E-state index in [0.29, 0.717) is 0 Å². The second-order valence-corrected chi connectivity index (χ2v) is 6.39. The van der Waals surface area contributed by atoms with Gasteiger partial charge in [0.05, 0.1) is 5.25 Å². The van der Waals surface area contributed by atoms with Gasteiger partial charge in [0.2, 0.25) is 5.91 Å². The zero-order valence-corrected chi connectivity index (χ0v) is 12.3. The highest BCUT2D eigenvalue weighted by Crippen LogP contribution is 2.45. The van der Waals surface area contributed by atoms with Crippen LogP contribution in [0.25, 0.3) is 0 Å². The van der Waals surface area contributed by atoms with Gasteiger partial charge >= 0.3 is 0 Å². The minimum absolute atomic E-state index is 0.00825. The van der Waals surface area contributed by atoms with E-state index in [1.54, 1.807) is 18.0 Å². The third kappa shape index (κ3) is 2.31. The molecule has 0 saturated carbocycles. The van der Waals surface area contributed by atoms with E-state index in [1.807, 2.05) is 61.3 Å². The summed E-state index contributed by atoms with van der Waals surface area (Å²) in [6, 6.07) is 12.0. The van der Waals surface area contributed by atoms with E-state index in [0.717, 1.165) is 11.3 Å². The number of aryl methyl sites for hydroxylation is 1. The Kier molecular flexibility index (Phi) is 3.49. The molecule has 1 saturated heterocycles. The molecule has 1 aliphatic rings. The molecule has 2 heterocycles. The molecular formula is C16H16N2OS. The first kappa shape index (κ1) is 13.2. The second-order valence-electron chi connectivity index (χ2n) is 4.96. The summed E-state index contributed by atoms with van der Waals surface area (Å²) in [7, 11) is 0. The van der Waals surface area contributed by atoms with E-state index in [4.69, 9.17) is 0 Å². The Morgan fingerprint density at radius 2 is 1.95 bits per heavy atom. The molecule has 102 valence electrons. The lowest BCUT2D eigenvalue weighted by Gasteiger charge is -2.24. The molecule has 3 rings (SSSR count). The van der Waals surface area contributed by atoms with E-state index in [2.05, 4.69) is 4.98 Å². The fourth-order valence-corrected chi connectivity index (χ4v) is 3.60. The molecule has 2 atom stereocenters. The van der Waals surface area contributed by atoms with E-state index in [-0.39, 0.29) is 16.5 Å². The summed E-state index contributed by atoms with van der Waals surface area (Å²) in [5.41, 5.74) is 3.21. The van der Waals surface area contributed by atoms with Crippen LogP contribution in [-0.2, 0) is 4.79 Å². The first-order valence-corrected chi connectivity index (χ1v) is 7.56. The zero-order valence-electron chi connectivity index (χ0n) is 11.5. The van der Waals surface area contributed by atoms with Crippen LogP contribution in [0.1, 0.15) is 23.4 Å². The Morgan fingerprint density at radius 3 is 2.60 bits per heavy atom. The Bertz CT molecular complexity index is 612. The normalized spacial score (nSPS) is 22.3. The number of benzene rings is 1. The molecule has 0 radical (unpaired) electrons. The number of rotatable bonds is 2. The van der Waals surface area contributed by atoms with Crippen LogP contribution in [0, 0.1) is 6.92 Å². The van der Waals surface area contributed by atoms with Crippen LogP contribution in [0.15, 0.2) is 48.8 Å². The number of hydrogen-bond acceptors (Lipinski definition) is 3. The van der Waals surface area contributed by atoms with Gasteiger partial charge in [0.25, 0.3) is 0 Å². The molecule has 2 aromatic rings. The van der Waals surface area contributed by atoms with E-state index in [1.165, 1.54) is 5.56 Å². The van der Waals surface area contributed by atoms with Gasteiger partial charge in [0.1, 0.15) is 5.37 Å². The van der Waals surface area contributed by atoms with Crippen molar-refractivity contribution >= 4 is 23.4 Å². The summed E-state index contributed by atoms with van der Waals surface area (Å²) in [5, 5.41) is -0.0181. The van der Waals surface area contributed by atoms with Gasteiger partial charge in [-0.05, 0) is 32.0 Å². The summed E-state index contributed by atoms with van der Waals surface area (Å²) >= 11 is 1.67. The number of nitrogens with zero attached hydrogens (tertiary/aromatic N) is 2. The molecule has 0 bridgehead atoms. The number of thioether (sulfide) groups is 1. The van der Waals surface area contributed by atoms with Crippen molar-refractivity contribution in [2.24, 2.45) is 0 Å². The molecular weight excluding hydrogens is 268 g/mol. The minimum Gasteiger partial charge on any atom is -0.295 e. The largest absolute Gasteiger partial charge is 0.295 e. The lowest BCUT2D eigenvalue weighted by Crippen LogP contribution is -2.30. The van der Waals surface area contributed by atoms with Crippen molar-refractivity contribution in [3.8, 4) is 0 Å². The average molecular weight is 284 g/mol. The Hall–Kier alpha value is -1.81. The Morgan fingerprint density at radius 1 is 1.20 bits per heavy atom. The van der Waals surface area contributed by atoms with Crippen LogP contribution >= 0.6 is 11.8 Å². The van der Waals surface area contributed by atoms with Gasteiger partial charge in [0, 0.05) is 23.6 Å². The van der Waals surface area contributed by atoms with E-state index < -0.39 is 0 Å². The smallest absolute Gasteiger partial charge is 0.241 e. The third-order valence-corrected chi connectivity index (χ3v) is 4.79. The van der Waals surface area contributed by atoms with Gasteiger partial charge < -0.3 is 0 Å². The summed E-state index contributed by atoms with van der Waals surface area (Å²) < 4.78 is 0. The number of amides is 1.